The van der Waals surface area contributed by atoms with E-state index in [4.69, 9.17) is 51.2 Å². The average Bonchev–Trinajstić information content (AvgIpc) is 1.58. The van der Waals surface area contributed by atoms with Gasteiger partial charge in [-0.25, -0.2) is 36.8 Å². The van der Waals surface area contributed by atoms with E-state index < -0.39 is 56.9 Å². The Hall–Kier alpha value is -7.49. The number of benzene rings is 3. The van der Waals surface area contributed by atoms with Gasteiger partial charge in [-0.2, -0.15) is 0 Å². The maximum Gasteiger partial charge on any atom is 0.367 e. The van der Waals surface area contributed by atoms with Gasteiger partial charge < -0.3 is 60.1 Å². The number of thioether (sulfide) groups is 1. The van der Waals surface area contributed by atoms with E-state index >= 15 is 0 Å². The van der Waals surface area contributed by atoms with Crippen molar-refractivity contribution in [2.45, 2.75) is 128 Å². The molecule has 2 fully saturated rings. The lowest BCUT2D eigenvalue weighted by molar-refractivity contribution is -0.148. The van der Waals surface area contributed by atoms with Crippen molar-refractivity contribution >= 4 is 86.2 Å². The quantitative estimate of drug-likeness (QED) is 0.0224. The number of halogens is 3. The molecule has 0 spiro atoms. The molecule has 1 aliphatic carbocycles. The molecule has 1 aromatic heterocycles. The zero-order valence-corrected chi connectivity index (χ0v) is 56.3. The summed E-state index contributed by atoms with van der Waals surface area (Å²) < 4.78 is 80.6. The first kappa shape index (κ1) is 77.0. The van der Waals surface area contributed by atoms with Crippen LogP contribution in [0.5, 0.6) is 11.5 Å². The molecule has 1 saturated heterocycles. The van der Waals surface area contributed by atoms with Crippen LogP contribution in [0.15, 0.2) is 84.1 Å². The van der Waals surface area contributed by atoms with Crippen molar-refractivity contribution in [2.24, 2.45) is 5.92 Å². The minimum Gasteiger partial charge on any atom is -0.495 e. The van der Waals surface area contributed by atoms with Gasteiger partial charge in [0.25, 0.3) is 0 Å². The number of nitrogen functional groups attached to an aromatic ring is 1. The highest BCUT2D eigenvalue weighted by atomic mass is 35.5. The normalized spacial score (nSPS) is 20.1. The lowest BCUT2D eigenvalue weighted by atomic mass is 9.87. The van der Waals surface area contributed by atoms with Gasteiger partial charge in [0.05, 0.1) is 53.4 Å². The molecular formula is C65H86ClF2N7O15S2. The number of anilines is 3. The lowest BCUT2D eigenvalue weighted by Gasteiger charge is -2.26. The molecule has 3 aliphatic rings. The lowest BCUT2D eigenvalue weighted by Crippen LogP contribution is -2.40. The molecule has 92 heavy (non-hydrogen) atoms. The predicted molar refractivity (Wildman–Crippen MR) is 352 cm³/mol. The highest BCUT2D eigenvalue weighted by Crippen LogP contribution is 2.47. The third-order valence-electron chi connectivity index (χ3n) is 15.8. The second-order valence-electron chi connectivity index (χ2n) is 22.3. The summed E-state index contributed by atoms with van der Waals surface area (Å²) in [7, 11) is 5.15. The first-order valence-electron chi connectivity index (χ1n) is 29.6. The number of aromatic nitrogens is 2. The van der Waals surface area contributed by atoms with E-state index in [1.165, 1.54) is 38.5 Å². The Bertz CT molecular complexity index is 3410. The Labute approximate surface area is 546 Å². The van der Waals surface area contributed by atoms with Crippen LogP contribution in [0, 0.1) is 24.5 Å². The average molecular weight is 1340 g/mol. The number of aliphatic hydroxyl groups excluding tert-OH is 1. The number of amides is 3. The fourth-order valence-corrected chi connectivity index (χ4v) is 11.9. The Morgan fingerprint density at radius 1 is 1.10 bits per heavy atom. The molecule has 1 saturated carbocycles. The zero-order chi connectivity index (χ0) is 68.6. The molecule has 6 N–H and O–H groups in total. The SMILES string of the molecule is C=C(COC(=O)SCCC(=O)N(C)[C@@H](C)C(=O)O)S(=O)(=O)CCCOc1c(N)ncnc1-c1cc(F)cc(NC)c1C.CO.COc1cc2cc(c1Cl)N(C)C(=O)CCC1(C)OC1C(C)C(OC)CC(NC=O)C/C=C/C=C(\C)C2.O=Cc1ccc(C2CC2)cc1F. The molecule has 3 aromatic carbocycles. The van der Waals surface area contributed by atoms with Crippen LogP contribution < -0.4 is 30.7 Å². The molecule has 2 aliphatic heterocycles. The molecule has 7 rings (SSSR count). The second kappa shape index (κ2) is 36.7. The number of aliphatic carboxylic acids is 1. The molecule has 5 unspecified atom stereocenters. The topological polar surface area (TPSA) is 309 Å². The van der Waals surface area contributed by atoms with Gasteiger partial charge in [0, 0.05) is 77.2 Å². The Morgan fingerprint density at radius 3 is 2.42 bits per heavy atom. The minimum absolute atomic E-state index is 0.00362. The van der Waals surface area contributed by atoms with E-state index in [-0.39, 0.29) is 88.8 Å². The summed E-state index contributed by atoms with van der Waals surface area (Å²) in [5.41, 5.74) is 11.4. The number of ether oxygens (including phenoxy) is 5. The summed E-state index contributed by atoms with van der Waals surface area (Å²) in [6.45, 7) is 12.2. The van der Waals surface area contributed by atoms with Gasteiger partial charge in [0.15, 0.2) is 27.7 Å². The maximum absolute atomic E-state index is 14.2. The van der Waals surface area contributed by atoms with Crippen LogP contribution in [-0.2, 0) is 49.6 Å². The smallest absolute Gasteiger partial charge is 0.367 e. The number of hydrogen-bond donors (Lipinski definition) is 5. The van der Waals surface area contributed by atoms with Crippen LogP contribution in [0.4, 0.5) is 30.8 Å². The van der Waals surface area contributed by atoms with Crippen molar-refractivity contribution in [1.82, 2.24) is 20.2 Å². The zero-order valence-electron chi connectivity index (χ0n) is 53.9. The van der Waals surface area contributed by atoms with Gasteiger partial charge in [-0.1, -0.05) is 55.0 Å². The highest BCUT2D eigenvalue weighted by Gasteiger charge is 2.56. The molecule has 0 radical (unpaired) electrons. The van der Waals surface area contributed by atoms with Gasteiger partial charge >= 0.3 is 11.3 Å². The van der Waals surface area contributed by atoms with Crippen molar-refractivity contribution < 1.29 is 79.9 Å². The molecule has 22 nitrogen and oxygen atoms in total. The van der Waals surface area contributed by atoms with E-state index in [1.54, 1.807) is 46.2 Å². The minimum atomic E-state index is -3.86. The number of nitrogens with two attached hydrogens (primary N) is 1. The number of fused-ring (bicyclic) bond motifs is 3. The summed E-state index contributed by atoms with van der Waals surface area (Å²) >= 11 is 7.26. The molecule has 3 amide bonds. The predicted octanol–water partition coefficient (Wildman–Crippen LogP) is 10.1. The number of allylic oxidation sites excluding steroid dienone is 3. The standard InChI is InChI=1S/C28H39ClN2O5.C26H34FN5O8S2.C10H9FO.CH4O/c1-18-9-7-8-10-21(30-17-32)16-23(34-5)19(2)27-28(3,36-27)12-11-25(33)31(4)22-14-20(13-18)15-24(35-6)26(22)29;1-15(13-40-26(36)41-9-7-21(33)32(5)17(3)25(34)35)42(37,38)10-6-8-39-23-22(30-14-31-24(23)28)19-11-18(27)12-20(29-4)16(19)2;11-10-5-8(7-1-2-7)3-4-9(10)6-12;1-2/h7-9,14-15,17,19,21,23,27H,10-13,16H2,1-6H3,(H,30,32);11-12,14,17,29H,1,6-10,13H2,2-5H3,(H,34,35)(H2,28,30,31);3-7H,1-2H2;2H,1H3/b8-7+,18-9+;;;/t;17-;;/m.0../s1. The van der Waals surface area contributed by atoms with E-state index in [9.17, 15) is 46.0 Å². The Morgan fingerprint density at radius 2 is 1.80 bits per heavy atom. The number of aldehydes is 1. The number of carboxylic acid groups (broad SMARTS) is 1. The monoisotopic (exact) mass is 1340 g/mol. The fraction of sp³-hybridized carbons (Fsp3) is 0.477. The van der Waals surface area contributed by atoms with E-state index in [1.807, 2.05) is 31.2 Å². The number of nitrogens with one attached hydrogen (secondary N) is 2. The third kappa shape index (κ3) is 22.4. The van der Waals surface area contributed by atoms with Crippen LogP contribution in [0.2, 0.25) is 5.02 Å². The summed E-state index contributed by atoms with van der Waals surface area (Å²) in [6.07, 6.45) is 13.7. The summed E-state index contributed by atoms with van der Waals surface area (Å²) in [4.78, 5) is 80.1. The summed E-state index contributed by atoms with van der Waals surface area (Å²) in [6, 6.07) is 10.3. The molecule has 27 heteroatoms. The first-order valence-corrected chi connectivity index (χ1v) is 32.6. The number of carbonyl (C=O) groups is 6. The molecule has 6 atom stereocenters. The molecular weight excluding hydrogens is 1260 g/mol. The van der Waals surface area contributed by atoms with Gasteiger partial charge in [-0.3, -0.25) is 19.2 Å². The molecule has 4 aromatic rings. The van der Waals surface area contributed by atoms with Crippen LogP contribution in [0.1, 0.15) is 112 Å². The van der Waals surface area contributed by atoms with Crippen molar-refractivity contribution in [3.8, 4) is 22.8 Å². The van der Waals surface area contributed by atoms with Crippen LogP contribution >= 0.6 is 23.4 Å². The van der Waals surface area contributed by atoms with Crippen molar-refractivity contribution in [1.29, 1.82) is 0 Å². The number of carboxylic acids is 1. The number of methoxy groups -OCH3 is 2. The summed E-state index contributed by atoms with van der Waals surface area (Å²) in [5, 5.41) is 21.4. The van der Waals surface area contributed by atoms with Crippen LogP contribution in [0.25, 0.3) is 11.3 Å². The maximum atomic E-state index is 14.2. The number of carbonyl (C=O) groups excluding carboxylic acids is 5. The van der Waals surface area contributed by atoms with Crippen LogP contribution in [-0.4, -0.2) is 166 Å². The number of aliphatic hydroxyl groups is 1. The molecule has 3 heterocycles. The van der Waals surface area contributed by atoms with Gasteiger partial charge in [0.1, 0.15) is 47.1 Å². The van der Waals surface area contributed by atoms with E-state index in [0.29, 0.717) is 89.3 Å². The number of sulfone groups is 1. The van der Waals surface area contributed by atoms with E-state index in [2.05, 4.69) is 53.2 Å². The molecule has 2 bridgehead atoms. The number of rotatable bonds is 21. The van der Waals surface area contributed by atoms with Gasteiger partial charge in [-0.15, -0.1) is 0 Å². The Kier molecular flexibility index (Phi) is 30.7. The first-order chi connectivity index (χ1) is 43.6. The fourth-order valence-electron chi connectivity index (χ4n) is 9.93. The third-order valence-corrected chi connectivity index (χ3v) is 18.8. The number of nitrogens with zero attached hydrogens (tertiary/aromatic N) is 4. The van der Waals surface area contributed by atoms with Gasteiger partial charge in [0.2, 0.25) is 18.2 Å². The van der Waals surface area contributed by atoms with Gasteiger partial charge in [-0.05, 0) is 143 Å². The number of likely N-dealkylation sites (N-methyl/N-ethyl adjacent to an activating group) is 1. The largest absolute Gasteiger partial charge is 0.495 e. The van der Waals surface area contributed by atoms with Crippen LogP contribution in [0.3, 0.4) is 0 Å². The van der Waals surface area contributed by atoms with Crippen molar-refractivity contribution in [2.75, 3.05) is 83.1 Å². The van der Waals surface area contributed by atoms with Crippen molar-refractivity contribution in [3.63, 3.8) is 0 Å². The number of hydrogen-bond acceptors (Lipinski definition) is 19. The van der Waals surface area contributed by atoms with E-state index in [0.717, 1.165) is 48.0 Å². The Balaban J connectivity index is 0.000000325. The molecule has 504 valence electrons. The summed E-state index contributed by atoms with van der Waals surface area (Å²) in [5.74, 6) is -1.65. The number of epoxide rings is 1. The highest BCUT2D eigenvalue weighted by molar-refractivity contribution is 8.13. The van der Waals surface area contributed by atoms with Crippen molar-refractivity contribution in [3.05, 3.63) is 123 Å². The second-order valence-corrected chi connectivity index (χ2v) is 26.0.